The molecule has 0 aromatic heterocycles. The molecule has 0 unspecified atom stereocenters. The van der Waals surface area contributed by atoms with Crippen LogP contribution in [0.1, 0.15) is 34.3 Å². The Balaban J connectivity index is 1.46. The first-order valence-corrected chi connectivity index (χ1v) is 10.7. The molecule has 0 spiro atoms. The average molecular weight is 462 g/mol. The largest absolute Gasteiger partial charge is 0.480 e. The van der Waals surface area contributed by atoms with E-state index in [2.05, 4.69) is 5.32 Å². The molecule has 2 N–H and O–H groups in total. The first-order valence-electron chi connectivity index (χ1n) is 10.7. The molecular weight excluding hydrogens is 439 g/mol. The minimum absolute atomic E-state index is 0.0250. The lowest BCUT2D eigenvalue weighted by atomic mass is 9.98. The summed E-state index contributed by atoms with van der Waals surface area (Å²) in [4.78, 5) is 37.2. The predicted octanol–water partition coefficient (Wildman–Crippen LogP) is 4.73. The fraction of sp³-hybridized carbons (Fsp3) is 0.192. The van der Waals surface area contributed by atoms with E-state index in [0.717, 1.165) is 39.3 Å². The number of nitrogens with one attached hydrogen (secondary N) is 1. The van der Waals surface area contributed by atoms with Crippen LogP contribution < -0.4 is 5.32 Å². The molecular formula is C26H23FN2O5. The molecule has 3 aromatic carbocycles. The maximum Gasteiger partial charge on any atom is 0.411 e. The van der Waals surface area contributed by atoms with Gasteiger partial charge in [-0.1, -0.05) is 48.5 Å². The van der Waals surface area contributed by atoms with Crippen LogP contribution in [0.3, 0.4) is 0 Å². The highest BCUT2D eigenvalue weighted by Gasteiger charge is 2.29. The minimum atomic E-state index is -1.19. The predicted molar refractivity (Wildman–Crippen MR) is 124 cm³/mol. The van der Waals surface area contributed by atoms with Crippen molar-refractivity contribution in [1.82, 2.24) is 4.90 Å². The van der Waals surface area contributed by atoms with E-state index >= 15 is 0 Å². The Kier molecular flexibility index (Phi) is 6.32. The minimum Gasteiger partial charge on any atom is -0.480 e. The van der Waals surface area contributed by atoms with Gasteiger partial charge in [0.05, 0.1) is 0 Å². The summed E-state index contributed by atoms with van der Waals surface area (Å²) in [7, 11) is 1.31. The molecule has 174 valence electrons. The summed E-state index contributed by atoms with van der Waals surface area (Å²) in [5, 5.41) is 11.6. The molecule has 4 rings (SSSR count). The molecule has 0 heterocycles. The number of aliphatic carboxylic acids is 1. The summed E-state index contributed by atoms with van der Waals surface area (Å²) in [5.41, 5.74) is 4.25. The second kappa shape index (κ2) is 9.35. The SMILES string of the molecule is C[C@@H](C(=O)O)N(C)C(=O)c1cc(F)cc(NC(=O)OCC2c3ccccc3-c3ccccc32)c1. The van der Waals surface area contributed by atoms with Crippen molar-refractivity contribution in [3.05, 3.63) is 89.2 Å². The van der Waals surface area contributed by atoms with Gasteiger partial charge in [-0.2, -0.15) is 0 Å². The Morgan fingerprint density at radius 1 is 1.03 bits per heavy atom. The van der Waals surface area contributed by atoms with Gasteiger partial charge in [0.2, 0.25) is 0 Å². The number of fused-ring (bicyclic) bond motifs is 3. The summed E-state index contributed by atoms with van der Waals surface area (Å²) < 4.78 is 19.6. The van der Waals surface area contributed by atoms with Crippen molar-refractivity contribution in [2.75, 3.05) is 19.0 Å². The normalized spacial score (nSPS) is 12.9. The summed E-state index contributed by atoms with van der Waals surface area (Å²) in [6.45, 7) is 1.43. The first-order chi connectivity index (χ1) is 16.3. The summed E-state index contributed by atoms with van der Waals surface area (Å²) in [6, 6.07) is 18.1. The Bertz CT molecular complexity index is 1230. The number of likely N-dealkylation sites (N-methyl/N-ethyl adjacent to an activating group) is 1. The lowest BCUT2D eigenvalue weighted by Gasteiger charge is -2.21. The number of carbonyl (C=O) groups is 3. The Morgan fingerprint density at radius 3 is 2.21 bits per heavy atom. The number of hydrogen-bond donors (Lipinski definition) is 2. The molecule has 0 aliphatic heterocycles. The number of anilines is 1. The van der Waals surface area contributed by atoms with E-state index < -0.39 is 29.8 Å². The zero-order valence-corrected chi connectivity index (χ0v) is 18.6. The summed E-state index contributed by atoms with van der Waals surface area (Å²) >= 11 is 0. The van der Waals surface area contributed by atoms with Crippen molar-refractivity contribution in [3.63, 3.8) is 0 Å². The lowest BCUT2D eigenvalue weighted by Crippen LogP contribution is -2.40. The van der Waals surface area contributed by atoms with E-state index in [-0.39, 0.29) is 23.8 Å². The maximum absolute atomic E-state index is 14.1. The lowest BCUT2D eigenvalue weighted by molar-refractivity contribution is -0.141. The van der Waals surface area contributed by atoms with Crippen molar-refractivity contribution < 1.29 is 28.6 Å². The smallest absolute Gasteiger partial charge is 0.411 e. The second-order valence-corrected chi connectivity index (χ2v) is 8.11. The molecule has 0 saturated carbocycles. The average Bonchev–Trinajstić information content (AvgIpc) is 3.14. The van der Waals surface area contributed by atoms with Crippen LogP contribution in [0.15, 0.2) is 66.7 Å². The number of carboxylic acids is 1. The quantitative estimate of drug-likeness (QED) is 0.552. The molecule has 34 heavy (non-hydrogen) atoms. The van der Waals surface area contributed by atoms with E-state index in [9.17, 15) is 18.8 Å². The molecule has 1 aliphatic carbocycles. The van der Waals surface area contributed by atoms with E-state index in [1.54, 1.807) is 0 Å². The third kappa shape index (κ3) is 4.47. The third-order valence-corrected chi connectivity index (χ3v) is 5.99. The fourth-order valence-corrected chi connectivity index (χ4v) is 4.08. The number of halogens is 1. The number of benzene rings is 3. The topological polar surface area (TPSA) is 95.9 Å². The van der Waals surface area contributed by atoms with Gasteiger partial charge in [0.1, 0.15) is 18.5 Å². The zero-order valence-electron chi connectivity index (χ0n) is 18.6. The maximum atomic E-state index is 14.1. The van der Waals surface area contributed by atoms with E-state index in [0.29, 0.717) is 0 Å². The Labute approximate surface area is 195 Å². The van der Waals surface area contributed by atoms with Crippen molar-refractivity contribution in [2.45, 2.75) is 18.9 Å². The molecule has 2 amide bonds. The first kappa shape index (κ1) is 23.0. The molecule has 0 radical (unpaired) electrons. The van der Waals surface area contributed by atoms with Crippen LogP contribution in [0.25, 0.3) is 11.1 Å². The number of hydrogen-bond acceptors (Lipinski definition) is 4. The summed E-state index contributed by atoms with van der Waals surface area (Å²) in [6.07, 6.45) is -0.793. The van der Waals surface area contributed by atoms with Gasteiger partial charge in [-0.3, -0.25) is 10.1 Å². The van der Waals surface area contributed by atoms with Crippen LogP contribution >= 0.6 is 0 Å². The van der Waals surface area contributed by atoms with Crippen molar-refractivity contribution in [2.24, 2.45) is 0 Å². The second-order valence-electron chi connectivity index (χ2n) is 8.11. The summed E-state index contributed by atoms with van der Waals surface area (Å²) in [5.74, 6) is -2.76. The van der Waals surface area contributed by atoms with Gasteiger partial charge in [0.15, 0.2) is 0 Å². The standard InChI is InChI=1S/C26H23FN2O5/c1-15(25(31)32)29(2)24(30)16-11-17(27)13-18(12-16)28-26(33)34-14-23-21-9-5-3-7-19(21)20-8-4-6-10-22(20)23/h3-13,15,23H,14H2,1-2H3,(H,28,33)(H,31,32)/t15-/m0/s1. The van der Waals surface area contributed by atoms with E-state index in [1.807, 2.05) is 48.5 Å². The van der Waals surface area contributed by atoms with Gasteiger partial charge in [0, 0.05) is 24.2 Å². The molecule has 0 saturated heterocycles. The fourth-order valence-electron chi connectivity index (χ4n) is 4.08. The van der Waals surface area contributed by atoms with Crippen LogP contribution in [-0.2, 0) is 9.53 Å². The van der Waals surface area contributed by atoms with Gasteiger partial charge >= 0.3 is 12.1 Å². The number of rotatable bonds is 6. The molecule has 0 fully saturated rings. The zero-order chi connectivity index (χ0) is 24.4. The van der Waals surface area contributed by atoms with Crippen LogP contribution in [0.2, 0.25) is 0 Å². The number of nitrogens with zero attached hydrogens (tertiary/aromatic N) is 1. The van der Waals surface area contributed by atoms with Crippen molar-refractivity contribution in [1.29, 1.82) is 0 Å². The van der Waals surface area contributed by atoms with E-state index in [1.165, 1.54) is 20.0 Å². The van der Waals surface area contributed by atoms with Gasteiger partial charge in [0.25, 0.3) is 5.91 Å². The van der Waals surface area contributed by atoms with Crippen molar-refractivity contribution in [3.8, 4) is 11.1 Å². The number of carbonyl (C=O) groups excluding carboxylic acids is 2. The Morgan fingerprint density at radius 2 is 1.62 bits per heavy atom. The molecule has 7 nitrogen and oxygen atoms in total. The van der Waals surface area contributed by atoms with Gasteiger partial charge < -0.3 is 14.7 Å². The highest BCUT2D eigenvalue weighted by molar-refractivity contribution is 5.98. The van der Waals surface area contributed by atoms with Crippen LogP contribution in [0, 0.1) is 5.82 Å². The van der Waals surface area contributed by atoms with Gasteiger partial charge in [-0.25, -0.2) is 14.0 Å². The van der Waals surface area contributed by atoms with Crippen molar-refractivity contribution >= 4 is 23.7 Å². The highest BCUT2D eigenvalue weighted by Crippen LogP contribution is 2.44. The number of amides is 2. The molecule has 0 bridgehead atoms. The molecule has 1 aliphatic rings. The number of ether oxygens (including phenoxy) is 1. The molecule has 1 atom stereocenters. The Hall–Kier alpha value is -4.20. The molecule has 3 aromatic rings. The van der Waals surface area contributed by atoms with Gasteiger partial charge in [-0.05, 0) is 47.4 Å². The van der Waals surface area contributed by atoms with Gasteiger partial charge in [-0.15, -0.1) is 0 Å². The third-order valence-electron chi connectivity index (χ3n) is 5.99. The molecule has 8 heteroatoms. The van der Waals surface area contributed by atoms with Crippen LogP contribution in [0.4, 0.5) is 14.9 Å². The van der Waals surface area contributed by atoms with E-state index in [4.69, 9.17) is 9.84 Å². The van der Waals surface area contributed by atoms with Crippen LogP contribution in [0.5, 0.6) is 0 Å². The highest BCUT2D eigenvalue weighted by atomic mass is 19.1. The monoisotopic (exact) mass is 462 g/mol. The van der Waals surface area contributed by atoms with Crippen LogP contribution in [-0.4, -0.2) is 47.7 Å². The number of carboxylic acid groups (broad SMARTS) is 1.